The van der Waals surface area contributed by atoms with Crippen LogP contribution in [-0.2, 0) is 19.1 Å². The Morgan fingerprint density at radius 2 is 1.88 bits per heavy atom. The van der Waals surface area contributed by atoms with E-state index >= 15 is 0 Å². The lowest BCUT2D eigenvalue weighted by atomic mass is 9.98. The van der Waals surface area contributed by atoms with Crippen LogP contribution in [0.4, 0.5) is 0 Å². The Kier molecular flexibility index (Phi) is 8.40. The molecule has 0 aromatic rings. The summed E-state index contributed by atoms with van der Waals surface area (Å²) in [6.45, 7) is 4.08. The number of carboxylic acid groups (broad SMARTS) is 1. The van der Waals surface area contributed by atoms with Gasteiger partial charge in [0, 0.05) is 7.11 Å². The van der Waals surface area contributed by atoms with Crippen molar-refractivity contribution in [2.75, 3.05) is 13.7 Å². The number of ether oxygens (including phenoxy) is 2. The van der Waals surface area contributed by atoms with Gasteiger partial charge in [-0.2, -0.15) is 0 Å². The lowest BCUT2D eigenvalue weighted by molar-refractivity contribution is -0.149. The predicted octanol–water partition coefficient (Wildman–Crippen LogP) is 1.85. The van der Waals surface area contributed by atoms with Crippen LogP contribution in [0.5, 0.6) is 0 Å². The molecule has 0 saturated heterocycles. The van der Waals surface area contributed by atoms with Crippen molar-refractivity contribution in [3.63, 3.8) is 0 Å². The van der Waals surface area contributed by atoms with Crippen molar-refractivity contribution < 1.29 is 24.2 Å². The van der Waals surface area contributed by atoms with Crippen molar-refractivity contribution in [2.45, 2.75) is 45.6 Å². The molecule has 0 spiro atoms. The molecule has 2 unspecified atom stereocenters. The number of methoxy groups -OCH3 is 1. The van der Waals surface area contributed by atoms with Crippen LogP contribution < -0.4 is 0 Å². The summed E-state index contributed by atoms with van der Waals surface area (Å²) in [6, 6.07) is 0. The summed E-state index contributed by atoms with van der Waals surface area (Å²) < 4.78 is 9.76. The summed E-state index contributed by atoms with van der Waals surface area (Å²) >= 11 is 0. The summed E-state index contributed by atoms with van der Waals surface area (Å²) in [5.41, 5.74) is 0. The van der Waals surface area contributed by atoms with Crippen LogP contribution in [0, 0.1) is 5.92 Å². The summed E-state index contributed by atoms with van der Waals surface area (Å²) in [4.78, 5) is 22.2. The molecule has 100 valence electrons. The second kappa shape index (κ2) is 8.98. The molecular weight excluding hydrogens is 224 g/mol. The highest BCUT2D eigenvalue weighted by Crippen LogP contribution is 2.16. The zero-order chi connectivity index (χ0) is 13.3. The van der Waals surface area contributed by atoms with Gasteiger partial charge in [-0.05, 0) is 32.6 Å². The van der Waals surface area contributed by atoms with E-state index in [0.29, 0.717) is 32.3 Å². The van der Waals surface area contributed by atoms with Crippen molar-refractivity contribution in [2.24, 2.45) is 5.92 Å². The first-order chi connectivity index (χ1) is 8.06. The van der Waals surface area contributed by atoms with Crippen LogP contribution in [0.15, 0.2) is 0 Å². The fourth-order valence-electron chi connectivity index (χ4n) is 1.64. The molecule has 5 nitrogen and oxygen atoms in total. The second-order valence-corrected chi connectivity index (χ2v) is 3.85. The number of hydrogen-bond acceptors (Lipinski definition) is 4. The molecule has 2 atom stereocenters. The van der Waals surface area contributed by atoms with Crippen LogP contribution >= 0.6 is 0 Å². The Balaban J connectivity index is 3.98. The van der Waals surface area contributed by atoms with Crippen molar-refractivity contribution in [3.8, 4) is 0 Å². The Labute approximate surface area is 102 Å². The number of carbonyl (C=O) groups excluding carboxylic acids is 1. The maximum Gasteiger partial charge on any atom is 0.332 e. The average molecular weight is 246 g/mol. The molecule has 0 aromatic heterocycles. The zero-order valence-corrected chi connectivity index (χ0v) is 10.8. The number of aliphatic carboxylic acids is 1. The number of carboxylic acids is 1. The van der Waals surface area contributed by atoms with E-state index in [4.69, 9.17) is 14.6 Å². The van der Waals surface area contributed by atoms with Gasteiger partial charge in [-0.25, -0.2) is 4.79 Å². The molecule has 0 aromatic carbocycles. The van der Waals surface area contributed by atoms with Gasteiger partial charge in [-0.15, -0.1) is 0 Å². The van der Waals surface area contributed by atoms with Crippen LogP contribution in [0.25, 0.3) is 0 Å². The van der Waals surface area contributed by atoms with Crippen LogP contribution in [0.2, 0.25) is 0 Å². The zero-order valence-electron chi connectivity index (χ0n) is 10.8. The summed E-state index contributed by atoms with van der Waals surface area (Å²) in [5, 5.41) is 8.77. The largest absolute Gasteiger partial charge is 0.479 e. The van der Waals surface area contributed by atoms with Crippen molar-refractivity contribution in [1.29, 1.82) is 0 Å². The van der Waals surface area contributed by atoms with Gasteiger partial charge < -0.3 is 14.6 Å². The third kappa shape index (κ3) is 6.26. The minimum absolute atomic E-state index is 0.138. The number of esters is 1. The van der Waals surface area contributed by atoms with Crippen molar-refractivity contribution in [3.05, 3.63) is 0 Å². The highest BCUT2D eigenvalue weighted by atomic mass is 16.5. The molecule has 17 heavy (non-hydrogen) atoms. The first kappa shape index (κ1) is 15.9. The van der Waals surface area contributed by atoms with Crippen LogP contribution in [0.1, 0.15) is 39.5 Å². The molecule has 0 aliphatic rings. The van der Waals surface area contributed by atoms with Gasteiger partial charge in [-0.3, -0.25) is 4.79 Å². The molecule has 0 fully saturated rings. The summed E-state index contributed by atoms with van der Waals surface area (Å²) in [6.07, 6.45) is 1.63. The molecule has 0 rings (SSSR count). The van der Waals surface area contributed by atoms with E-state index in [1.54, 1.807) is 6.92 Å². The molecule has 0 amide bonds. The van der Waals surface area contributed by atoms with Gasteiger partial charge in [-0.1, -0.05) is 6.92 Å². The Morgan fingerprint density at radius 3 is 2.29 bits per heavy atom. The van der Waals surface area contributed by atoms with E-state index in [0.717, 1.165) is 0 Å². The molecule has 5 heteroatoms. The van der Waals surface area contributed by atoms with Crippen molar-refractivity contribution >= 4 is 11.9 Å². The highest BCUT2D eigenvalue weighted by molar-refractivity contribution is 5.73. The molecule has 0 heterocycles. The second-order valence-electron chi connectivity index (χ2n) is 3.85. The smallest absolute Gasteiger partial charge is 0.332 e. The minimum Gasteiger partial charge on any atom is -0.479 e. The molecule has 0 radical (unpaired) electrons. The van der Waals surface area contributed by atoms with E-state index in [1.807, 2.05) is 6.92 Å². The van der Waals surface area contributed by atoms with Crippen LogP contribution in [0.3, 0.4) is 0 Å². The Hall–Kier alpha value is -1.10. The lowest BCUT2D eigenvalue weighted by Crippen LogP contribution is -2.23. The number of carbonyl (C=O) groups is 2. The Morgan fingerprint density at radius 1 is 1.24 bits per heavy atom. The topological polar surface area (TPSA) is 72.8 Å². The van der Waals surface area contributed by atoms with Gasteiger partial charge in [0.05, 0.1) is 12.5 Å². The average Bonchev–Trinajstić information content (AvgIpc) is 2.29. The SMILES string of the molecule is CCOC(=O)C(CC)CCCC(OC)C(=O)O. The van der Waals surface area contributed by atoms with Crippen LogP contribution in [-0.4, -0.2) is 36.9 Å². The quantitative estimate of drug-likeness (QED) is 0.628. The molecule has 0 bridgehead atoms. The highest BCUT2D eigenvalue weighted by Gasteiger charge is 2.20. The van der Waals surface area contributed by atoms with E-state index in [-0.39, 0.29) is 11.9 Å². The fraction of sp³-hybridized carbons (Fsp3) is 0.833. The third-order valence-electron chi connectivity index (χ3n) is 2.69. The first-order valence-electron chi connectivity index (χ1n) is 5.98. The summed E-state index contributed by atoms with van der Waals surface area (Å²) in [5.74, 6) is -1.29. The van der Waals surface area contributed by atoms with Crippen molar-refractivity contribution in [1.82, 2.24) is 0 Å². The van der Waals surface area contributed by atoms with E-state index < -0.39 is 12.1 Å². The van der Waals surface area contributed by atoms with E-state index in [2.05, 4.69) is 0 Å². The number of rotatable bonds is 9. The molecule has 1 N–H and O–H groups in total. The molecule has 0 saturated carbocycles. The first-order valence-corrected chi connectivity index (χ1v) is 5.98. The van der Waals surface area contributed by atoms with E-state index in [9.17, 15) is 9.59 Å². The third-order valence-corrected chi connectivity index (χ3v) is 2.69. The maximum absolute atomic E-state index is 11.5. The molecule has 0 aliphatic heterocycles. The standard InChI is InChI=1S/C12H22O5/c1-4-9(12(15)17-5-2)7-6-8-10(16-3)11(13)14/h9-10H,4-8H2,1-3H3,(H,13,14). The van der Waals surface area contributed by atoms with Gasteiger partial charge in [0.2, 0.25) is 0 Å². The normalized spacial score (nSPS) is 14.1. The fourth-order valence-corrected chi connectivity index (χ4v) is 1.64. The van der Waals surface area contributed by atoms with Gasteiger partial charge in [0.15, 0.2) is 6.10 Å². The van der Waals surface area contributed by atoms with Gasteiger partial charge in [0.25, 0.3) is 0 Å². The van der Waals surface area contributed by atoms with Gasteiger partial charge >= 0.3 is 11.9 Å². The maximum atomic E-state index is 11.5. The molecule has 0 aliphatic carbocycles. The van der Waals surface area contributed by atoms with Gasteiger partial charge in [0.1, 0.15) is 0 Å². The lowest BCUT2D eigenvalue weighted by Gasteiger charge is -2.15. The number of hydrogen-bond donors (Lipinski definition) is 1. The molecular formula is C12H22O5. The monoisotopic (exact) mass is 246 g/mol. The minimum atomic E-state index is -0.961. The predicted molar refractivity (Wildman–Crippen MR) is 62.7 cm³/mol. The summed E-state index contributed by atoms with van der Waals surface area (Å²) in [7, 11) is 1.38. The van der Waals surface area contributed by atoms with E-state index in [1.165, 1.54) is 7.11 Å². The Bertz CT molecular complexity index is 239.